The molecule has 1 saturated heterocycles. The van der Waals surface area contributed by atoms with Gasteiger partial charge in [0, 0.05) is 39.8 Å². The van der Waals surface area contributed by atoms with Crippen molar-refractivity contribution >= 4 is 29.6 Å². The maximum absolute atomic E-state index is 13.7. The topological polar surface area (TPSA) is 167 Å². The molecule has 1 aromatic rings. The Labute approximate surface area is 202 Å². The highest BCUT2D eigenvalue weighted by Crippen LogP contribution is 2.36. The molecule has 0 aliphatic carbocycles. The minimum absolute atomic E-state index is 0.556. The Hall–Kier alpha value is -3.88. The number of nitro benzene ring substituents is 1. The molecule has 0 radical (unpaired) electrons. The summed E-state index contributed by atoms with van der Waals surface area (Å²) in [6.07, 6.45) is -11.1. The van der Waals surface area contributed by atoms with Gasteiger partial charge in [0.1, 0.15) is 18.5 Å². The van der Waals surface area contributed by atoms with Crippen LogP contribution in [0.2, 0.25) is 0 Å². The monoisotopic (exact) mass is 519 g/mol. The van der Waals surface area contributed by atoms with Crippen molar-refractivity contribution in [1.82, 2.24) is 0 Å². The smallest absolute Gasteiger partial charge is 0.303 e. The number of non-ortho nitro benzene ring substituents is 1. The van der Waals surface area contributed by atoms with E-state index in [2.05, 4.69) is 0 Å². The minimum Gasteiger partial charge on any atom is -0.463 e. The zero-order chi connectivity index (χ0) is 27.2. The lowest BCUT2D eigenvalue weighted by atomic mass is 9.98. The van der Waals surface area contributed by atoms with E-state index in [1.807, 2.05) is 0 Å². The molecule has 0 saturated carbocycles. The van der Waals surface area contributed by atoms with E-state index in [4.69, 9.17) is 28.4 Å². The zero-order valence-corrected chi connectivity index (χ0v) is 19.5. The first-order chi connectivity index (χ1) is 16.8. The second-order valence-electron chi connectivity index (χ2n) is 7.47. The van der Waals surface area contributed by atoms with Gasteiger partial charge in [0.2, 0.25) is 12.4 Å². The van der Waals surface area contributed by atoms with E-state index in [9.17, 15) is 38.1 Å². The first kappa shape index (κ1) is 28.4. The van der Waals surface area contributed by atoms with Gasteiger partial charge in [-0.3, -0.25) is 29.3 Å². The summed E-state index contributed by atoms with van der Waals surface area (Å²) in [5, 5.41) is 11.0. The van der Waals surface area contributed by atoms with E-state index < -0.39 is 89.5 Å². The molecule has 198 valence electrons. The number of ether oxygens (including phenoxy) is 6. The standard InChI is InChI=1S/C21H23F2NO12/c1-9(25)31-8-16-17(32-10(2)26)18(33-11(3)27)19(34-12(4)28)21(36-16)35-15-6-5-13(24(29)30)7-14(15)20(22)23/h5-7,16-21H,8H2,1-4H3/t16?,17-,18?,19-,21+/m0/s1. The molecule has 0 N–H and O–H groups in total. The summed E-state index contributed by atoms with van der Waals surface area (Å²) in [4.78, 5) is 56.8. The van der Waals surface area contributed by atoms with Crippen molar-refractivity contribution < 1.29 is 61.3 Å². The quantitative estimate of drug-likeness (QED) is 0.202. The van der Waals surface area contributed by atoms with Gasteiger partial charge in [-0.15, -0.1) is 0 Å². The van der Waals surface area contributed by atoms with Crippen molar-refractivity contribution in [2.24, 2.45) is 0 Å². The molecule has 2 unspecified atom stereocenters. The zero-order valence-electron chi connectivity index (χ0n) is 19.5. The third-order valence-corrected chi connectivity index (χ3v) is 4.63. The van der Waals surface area contributed by atoms with Gasteiger partial charge < -0.3 is 28.4 Å². The van der Waals surface area contributed by atoms with Crippen molar-refractivity contribution in [3.63, 3.8) is 0 Å². The predicted octanol–water partition coefficient (Wildman–Crippen LogP) is 1.99. The molecule has 0 spiro atoms. The van der Waals surface area contributed by atoms with Gasteiger partial charge in [-0.1, -0.05) is 0 Å². The van der Waals surface area contributed by atoms with Gasteiger partial charge in [-0.25, -0.2) is 8.78 Å². The number of carbonyl (C=O) groups is 4. The Morgan fingerprint density at radius 2 is 1.50 bits per heavy atom. The molecule has 1 aliphatic rings. The molecule has 0 aromatic heterocycles. The Bertz CT molecular complexity index is 1020. The molecule has 13 nitrogen and oxygen atoms in total. The van der Waals surface area contributed by atoms with E-state index in [0.29, 0.717) is 6.07 Å². The Balaban J connectivity index is 2.56. The van der Waals surface area contributed by atoms with Gasteiger partial charge >= 0.3 is 23.9 Å². The lowest BCUT2D eigenvalue weighted by molar-refractivity contribution is -0.385. The number of esters is 4. The Kier molecular flexibility index (Phi) is 9.60. The molecule has 2 rings (SSSR count). The van der Waals surface area contributed by atoms with Gasteiger partial charge in [-0.05, 0) is 6.07 Å². The normalized spacial score (nSPS) is 23.4. The second-order valence-corrected chi connectivity index (χ2v) is 7.47. The van der Waals surface area contributed by atoms with Gasteiger partial charge in [-0.2, -0.15) is 0 Å². The second kappa shape index (κ2) is 12.2. The summed E-state index contributed by atoms with van der Waals surface area (Å²) in [6.45, 7) is 3.55. The first-order valence-electron chi connectivity index (χ1n) is 10.3. The lowest BCUT2D eigenvalue weighted by Gasteiger charge is -2.44. The van der Waals surface area contributed by atoms with Gasteiger partial charge in [0.05, 0.1) is 10.5 Å². The highest BCUT2D eigenvalue weighted by atomic mass is 19.3. The van der Waals surface area contributed by atoms with Crippen LogP contribution in [0.4, 0.5) is 14.5 Å². The van der Waals surface area contributed by atoms with Crippen LogP contribution in [0.1, 0.15) is 39.7 Å². The summed E-state index contributed by atoms with van der Waals surface area (Å²) in [5.41, 5.74) is -1.52. The number of halogens is 2. The average molecular weight is 519 g/mol. The number of hydrogen-bond donors (Lipinski definition) is 0. The van der Waals surface area contributed by atoms with Crippen LogP contribution in [-0.4, -0.2) is 66.1 Å². The predicted molar refractivity (Wildman–Crippen MR) is 111 cm³/mol. The minimum atomic E-state index is -3.22. The molecule has 15 heteroatoms. The fourth-order valence-electron chi connectivity index (χ4n) is 3.34. The number of nitrogens with zero attached hydrogens (tertiary/aromatic N) is 1. The molecule has 1 heterocycles. The van der Waals surface area contributed by atoms with Crippen molar-refractivity contribution in [3.05, 3.63) is 33.9 Å². The Morgan fingerprint density at radius 3 is 2.00 bits per heavy atom. The summed E-state index contributed by atoms with van der Waals surface area (Å²) in [5.74, 6) is -4.00. The van der Waals surface area contributed by atoms with Crippen LogP contribution >= 0.6 is 0 Å². The summed E-state index contributed by atoms with van der Waals surface area (Å²) >= 11 is 0. The Morgan fingerprint density at radius 1 is 0.944 bits per heavy atom. The van der Waals surface area contributed by atoms with E-state index in [1.165, 1.54) is 0 Å². The summed E-state index contributed by atoms with van der Waals surface area (Å²) in [7, 11) is 0. The fourth-order valence-corrected chi connectivity index (χ4v) is 3.34. The summed E-state index contributed by atoms with van der Waals surface area (Å²) in [6, 6.07) is 2.37. The van der Waals surface area contributed by atoms with Crippen LogP contribution in [0.5, 0.6) is 5.75 Å². The molecule has 0 bridgehead atoms. The third kappa shape index (κ3) is 7.56. The van der Waals surface area contributed by atoms with E-state index >= 15 is 0 Å². The number of rotatable bonds is 9. The molecular weight excluding hydrogens is 496 g/mol. The SMILES string of the molecule is CC(=O)OCC1O[C@@H](Oc2ccc([N+](=O)[O-])cc2C(F)F)[C@@H](OC(C)=O)C(OC(C)=O)[C@H]1OC(C)=O. The number of hydrogen-bond acceptors (Lipinski definition) is 12. The molecule has 1 aromatic carbocycles. The largest absolute Gasteiger partial charge is 0.463 e. The van der Waals surface area contributed by atoms with Crippen molar-refractivity contribution in [2.45, 2.75) is 64.8 Å². The summed E-state index contributed by atoms with van der Waals surface area (Å²) < 4.78 is 59.0. The molecule has 0 amide bonds. The van der Waals surface area contributed by atoms with E-state index in [-0.39, 0.29) is 0 Å². The number of nitro groups is 1. The number of carbonyl (C=O) groups excluding carboxylic acids is 4. The van der Waals surface area contributed by atoms with Gasteiger partial charge in [0.15, 0.2) is 12.2 Å². The van der Waals surface area contributed by atoms with E-state index in [1.54, 1.807) is 0 Å². The molecular formula is C21H23F2NO12. The number of alkyl halides is 2. The molecule has 5 atom stereocenters. The van der Waals surface area contributed by atoms with Crippen LogP contribution in [0.25, 0.3) is 0 Å². The third-order valence-electron chi connectivity index (χ3n) is 4.63. The van der Waals surface area contributed by atoms with Crippen LogP contribution in [0, 0.1) is 10.1 Å². The lowest BCUT2D eigenvalue weighted by Crippen LogP contribution is -2.63. The van der Waals surface area contributed by atoms with Crippen LogP contribution in [-0.2, 0) is 42.9 Å². The highest BCUT2D eigenvalue weighted by molar-refractivity contribution is 5.68. The highest BCUT2D eigenvalue weighted by Gasteiger charge is 2.53. The van der Waals surface area contributed by atoms with Gasteiger partial charge in [0.25, 0.3) is 12.1 Å². The van der Waals surface area contributed by atoms with Crippen molar-refractivity contribution in [3.8, 4) is 5.75 Å². The van der Waals surface area contributed by atoms with Crippen LogP contribution in [0.15, 0.2) is 18.2 Å². The molecule has 1 fully saturated rings. The maximum Gasteiger partial charge on any atom is 0.303 e. The van der Waals surface area contributed by atoms with E-state index in [0.717, 1.165) is 39.8 Å². The van der Waals surface area contributed by atoms with Crippen molar-refractivity contribution in [2.75, 3.05) is 6.61 Å². The first-order valence-corrected chi connectivity index (χ1v) is 10.3. The fraction of sp³-hybridized carbons (Fsp3) is 0.524. The number of benzene rings is 1. The van der Waals surface area contributed by atoms with Crippen LogP contribution < -0.4 is 4.74 Å². The maximum atomic E-state index is 13.7. The average Bonchev–Trinajstić information content (AvgIpc) is 2.75. The van der Waals surface area contributed by atoms with Crippen molar-refractivity contribution in [1.29, 1.82) is 0 Å². The molecule has 36 heavy (non-hydrogen) atoms. The van der Waals surface area contributed by atoms with Crippen LogP contribution in [0.3, 0.4) is 0 Å². The molecule has 1 aliphatic heterocycles.